The lowest BCUT2D eigenvalue weighted by Gasteiger charge is -2.29. The standard InChI is InChI=1S/C25H27FN2O5/c1-32-18-9-7-17(8-10-18)23(29)21-22(19-5-2-3-6-20(19)26)28(25(31)24(21)30)12-4-11-27-13-15-33-16-14-27/h2-3,5-10,22,29H,4,11-16H2,1H3/b23-21+/t22-/m0/s1. The summed E-state index contributed by atoms with van der Waals surface area (Å²) in [7, 11) is 1.52. The van der Waals surface area contributed by atoms with Crippen LogP contribution in [0.25, 0.3) is 5.76 Å². The van der Waals surface area contributed by atoms with E-state index in [2.05, 4.69) is 4.90 Å². The molecule has 0 spiro atoms. The van der Waals surface area contributed by atoms with Gasteiger partial charge in [-0.25, -0.2) is 4.39 Å². The first-order chi connectivity index (χ1) is 16.0. The fourth-order valence-corrected chi connectivity index (χ4v) is 4.32. The number of hydrogen-bond donors (Lipinski definition) is 1. The molecule has 2 saturated heterocycles. The Morgan fingerprint density at radius 1 is 1.09 bits per heavy atom. The largest absolute Gasteiger partial charge is 0.507 e. The fraction of sp³-hybridized carbons (Fsp3) is 0.360. The van der Waals surface area contributed by atoms with Gasteiger partial charge in [0.05, 0.1) is 31.9 Å². The highest BCUT2D eigenvalue weighted by Gasteiger charge is 2.46. The lowest BCUT2D eigenvalue weighted by atomic mass is 9.95. The number of nitrogens with zero attached hydrogens (tertiary/aromatic N) is 2. The molecular formula is C25H27FN2O5. The second-order valence-electron chi connectivity index (χ2n) is 8.05. The number of carbonyl (C=O) groups is 2. The molecule has 2 aliphatic rings. The highest BCUT2D eigenvalue weighted by molar-refractivity contribution is 6.46. The first-order valence-corrected chi connectivity index (χ1v) is 11.0. The van der Waals surface area contributed by atoms with Crippen molar-refractivity contribution >= 4 is 17.4 Å². The Morgan fingerprint density at radius 2 is 1.79 bits per heavy atom. The van der Waals surface area contributed by atoms with Gasteiger partial charge in [-0.2, -0.15) is 0 Å². The van der Waals surface area contributed by atoms with Crippen LogP contribution in [0.3, 0.4) is 0 Å². The van der Waals surface area contributed by atoms with Crippen LogP contribution in [-0.4, -0.2) is 73.1 Å². The van der Waals surface area contributed by atoms with E-state index in [0.717, 1.165) is 19.6 Å². The molecule has 2 aliphatic heterocycles. The van der Waals surface area contributed by atoms with Crippen LogP contribution in [0.5, 0.6) is 5.75 Å². The van der Waals surface area contributed by atoms with Crippen molar-refractivity contribution < 1.29 is 28.6 Å². The Bertz CT molecular complexity index is 1050. The van der Waals surface area contributed by atoms with Crippen LogP contribution < -0.4 is 4.74 Å². The van der Waals surface area contributed by atoms with Gasteiger partial charge in [-0.05, 0) is 36.8 Å². The van der Waals surface area contributed by atoms with E-state index in [4.69, 9.17) is 9.47 Å². The van der Waals surface area contributed by atoms with E-state index in [9.17, 15) is 19.1 Å². The third kappa shape index (κ3) is 4.77. The molecule has 174 valence electrons. The first-order valence-electron chi connectivity index (χ1n) is 11.0. The van der Waals surface area contributed by atoms with Gasteiger partial charge in [0, 0.05) is 37.3 Å². The van der Waals surface area contributed by atoms with Crippen LogP contribution in [0.4, 0.5) is 4.39 Å². The number of rotatable bonds is 7. The number of carbonyl (C=O) groups excluding carboxylic acids is 2. The first kappa shape index (κ1) is 22.9. The van der Waals surface area contributed by atoms with E-state index < -0.39 is 23.5 Å². The molecule has 33 heavy (non-hydrogen) atoms. The third-order valence-corrected chi connectivity index (χ3v) is 6.08. The number of aliphatic hydroxyl groups excluding tert-OH is 1. The summed E-state index contributed by atoms with van der Waals surface area (Å²) >= 11 is 0. The summed E-state index contributed by atoms with van der Waals surface area (Å²) in [5.74, 6) is -1.84. The van der Waals surface area contributed by atoms with Gasteiger partial charge >= 0.3 is 0 Å². The topological polar surface area (TPSA) is 79.3 Å². The van der Waals surface area contributed by atoms with Crippen molar-refractivity contribution in [2.75, 3.05) is 46.5 Å². The second-order valence-corrected chi connectivity index (χ2v) is 8.05. The minimum absolute atomic E-state index is 0.110. The number of hydrogen-bond acceptors (Lipinski definition) is 6. The van der Waals surface area contributed by atoms with Crippen molar-refractivity contribution in [2.45, 2.75) is 12.5 Å². The van der Waals surface area contributed by atoms with E-state index in [-0.39, 0.29) is 23.4 Å². The zero-order valence-electron chi connectivity index (χ0n) is 18.5. The Morgan fingerprint density at radius 3 is 2.45 bits per heavy atom. The third-order valence-electron chi connectivity index (χ3n) is 6.08. The van der Waals surface area contributed by atoms with E-state index >= 15 is 0 Å². The number of ether oxygens (including phenoxy) is 2. The highest BCUT2D eigenvalue weighted by Crippen LogP contribution is 2.40. The van der Waals surface area contributed by atoms with Crippen LogP contribution in [0.1, 0.15) is 23.6 Å². The van der Waals surface area contributed by atoms with Crippen molar-refractivity contribution in [2.24, 2.45) is 0 Å². The lowest BCUT2D eigenvalue weighted by molar-refractivity contribution is -0.140. The van der Waals surface area contributed by atoms with Gasteiger partial charge in [0.25, 0.3) is 11.7 Å². The second kappa shape index (κ2) is 10.1. The Balaban J connectivity index is 1.67. The summed E-state index contributed by atoms with van der Waals surface area (Å²) in [6.07, 6.45) is 0.612. The van der Waals surface area contributed by atoms with Crippen molar-refractivity contribution in [1.82, 2.24) is 9.80 Å². The predicted molar refractivity (Wildman–Crippen MR) is 120 cm³/mol. The molecular weight excluding hydrogens is 427 g/mol. The molecule has 0 saturated carbocycles. The zero-order valence-corrected chi connectivity index (χ0v) is 18.5. The van der Waals surface area contributed by atoms with Crippen LogP contribution in [0.15, 0.2) is 54.1 Å². The lowest BCUT2D eigenvalue weighted by Crippen LogP contribution is -2.39. The molecule has 1 N–H and O–H groups in total. The Labute approximate surface area is 192 Å². The maximum absolute atomic E-state index is 14.8. The Kier molecular flexibility index (Phi) is 7.05. The number of Topliss-reactive ketones (excluding diaryl/α,β-unsaturated/α-hetero) is 1. The van der Waals surface area contributed by atoms with Gasteiger partial charge < -0.3 is 19.5 Å². The van der Waals surface area contributed by atoms with Crippen LogP contribution in [0.2, 0.25) is 0 Å². The number of aliphatic hydroxyl groups is 1. The smallest absolute Gasteiger partial charge is 0.295 e. The van der Waals surface area contributed by atoms with Crippen molar-refractivity contribution in [3.8, 4) is 5.75 Å². The van der Waals surface area contributed by atoms with Gasteiger partial charge in [-0.3, -0.25) is 14.5 Å². The van der Waals surface area contributed by atoms with Crippen molar-refractivity contribution in [3.63, 3.8) is 0 Å². The van der Waals surface area contributed by atoms with Gasteiger partial charge in [-0.15, -0.1) is 0 Å². The average molecular weight is 454 g/mol. The zero-order chi connectivity index (χ0) is 23.4. The maximum Gasteiger partial charge on any atom is 0.295 e. The molecule has 0 aromatic heterocycles. The highest BCUT2D eigenvalue weighted by atomic mass is 19.1. The number of methoxy groups -OCH3 is 1. The number of amides is 1. The quantitative estimate of drug-likeness (QED) is 0.394. The van der Waals surface area contributed by atoms with Crippen molar-refractivity contribution in [3.05, 3.63) is 71.0 Å². The normalized spacial score (nSPS) is 20.9. The fourth-order valence-electron chi connectivity index (χ4n) is 4.32. The molecule has 2 heterocycles. The van der Waals surface area contributed by atoms with Crippen LogP contribution in [-0.2, 0) is 14.3 Å². The predicted octanol–water partition coefficient (Wildman–Crippen LogP) is 2.98. The van der Waals surface area contributed by atoms with E-state index in [1.165, 1.54) is 18.1 Å². The van der Waals surface area contributed by atoms with Crippen LogP contribution in [0, 0.1) is 5.82 Å². The SMILES string of the molecule is COc1ccc(/C(O)=C2\C(=O)C(=O)N(CCCN3CCOCC3)[C@H]2c2ccccc2F)cc1. The van der Waals surface area contributed by atoms with Crippen LogP contribution >= 0.6 is 0 Å². The molecule has 1 atom stereocenters. The monoisotopic (exact) mass is 454 g/mol. The summed E-state index contributed by atoms with van der Waals surface area (Å²) in [4.78, 5) is 29.6. The molecule has 2 fully saturated rings. The summed E-state index contributed by atoms with van der Waals surface area (Å²) in [6, 6.07) is 11.5. The van der Waals surface area contributed by atoms with E-state index in [1.807, 2.05) is 0 Å². The molecule has 0 unspecified atom stereocenters. The van der Waals surface area contributed by atoms with Gasteiger partial charge in [0.1, 0.15) is 17.3 Å². The summed E-state index contributed by atoms with van der Waals surface area (Å²) in [6.45, 7) is 3.96. The number of likely N-dealkylation sites (tertiary alicyclic amines) is 1. The van der Waals surface area contributed by atoms with Gasteiger partial charge in [0.15, 0.2) is 0 Å². The molecule has 4 rings (SSSR count). The molecule has 2 aromatic carbocycles. The maximum atomic E-state index is 14.8. The summed E-state index contributed by atoms with van der Waals surface area (Å²) in [5.41, 5.74) is 0.420. The summed E-state index contributed by atoms with van der Waals surface area (Å²) in [5, 5.41) is 11.0. The number of ketones is 1. The molecule has 0 bridgehead atoms. The molecule has 8 heteroatoms. The van der Waals surface area contributed by atoms with Gasteiger partial charge in [-0.1, -0.05) is 18.2 Å². The molecule has 7 nitrogen and oxygen atoms in total. The summed E-state index contributed by atoms with van der Waals surface area (Å²) < 4.78 is 25.3. The Hall–Kier alpha value is -3.23. The van der Waals surface area contributed by atoms with Crippen molar-refractivity contribution in [1.29, 1.82) is 0 Å². The molecule has 1 amide bonds. The minimum atomic E-state index is -1.00. The van der Waals surface area contributed by atoms with E-state index in [0.29, 0.717) is 30.9 Å². The number of benzene rings is 2. The van der Waals surface area contributed by atoms with Gasteiger partial charge in [0.2, 0.25) is 0 Å². The average Bonchev–Trinajstić information content (AvgIpc) is 3.09. The minimum Gasteiger partial charge on any atom is -0.507 e. The number of morpholine rings is 1. The molecule has 2 aromatic rings. The van der Waals surface area contributed by atoms with E-state index in [1.54, 1.807) is 42.5 Å². The molecule has 0 aliphatic carbocycles. The number of halogens is 1. The molecule has 0 radical (unpaired) electrons.